The number of aliphatic hydroxyl groups is 1. The van der Waals surface area contributed by atoms with Crippen molar-refractivity contribution in [2.24, 2.45) is 0 Å². The van der Waals surface area contributed by atoms with Gasteiger partial charge in [0.05, 0.1) is 35.3 Å². The molecule has 0 aliphatic rings. The maximum atomic E-state index is 13.4. The van der Waals surface area contributed by atoms with Crippen molar-refractivity contribution in [2.75, 3.05) is 13.7 Å². The number of methoxy groups -OCH3 is 1. The topological polar surface area (TPSA) is 152 Å². The van der Waals surface area contributed by atoms with Gasteiger partial charge in [-0.05, 0) is 43.0 Å². The van der Waals surface area contributed by atoms with Gasteiger partial charge in [-0.15, -0.1) is 11.3 Å². The standard InChI is InChI=1S/C33H37N5O6S/c1-22(37-33(42)44-20-26-19-34-21-45-26)31(40)38-30(29(39)15-17-36-32(41)43-2)27(24-8-4-3-5-9-24)18-23-11-13-25(14-12-23)28-10-6-7-16-35-28/h3-14,16,19,21-22,27,29-30,39H,15,17-18,20H2,1-2H3,(H,36,41)(H,37,42)(H,38,40)/t22-,27?,29?,30?/m0/s1. The molecule has 236 valence electrons. The summed E-state index contributed by atoms with van der Waals surface area (Å²) in [5.41, 5.74) is 5.35. The van der Waals surface area contributed by atoms with E-state index in [0.717, 1.165) is 27.3 Å². The zero-order valence-electron chi connectivity index (χ0n) is 25.1. The molecule has 4 N–H and O–H groups in total. The number of rotatable bonds is 14. The normalized spacial score (nSPS) is 13.5. The van der Waals surface area contributed by atoms with Gasteiger partial charge in [0.1, 0.15) is 12.6 Å². The lowest BCUT2D eigenvalue weighted by Gasteiger charge is -2.33. The number of pyridine rings is 1. The molecule has 0 spiro atoms. The molecule has 45 heavy (non-hydrogen) atoms. The molecule has 4 atom stereocenters. The minimum atomic E-state index is -1.06. The number of thiazole rings is 1. The van der Waals surface area contributed by atoms with Crippen LogP contribution in [-0.4, -0.2) is 65.0 Å². The van der Waals surface area contributed by atoms with Crippen LogP contribution >= 0.6 is 11.3 Å². The van der Waals surface area contributed by atoms with Crippen LogP contribution in [0.5, 0.6) is 0 Å². The number of aromatic nitrogens is 2. The van der Waals surface area contributed by atoms with Crippen molar-refractivity contribution in [2.45, 2.75) is 50.5 Å². The molecule has 2 aromatic heterocycles. The molecule has 11 nitrogen and oxygen atoms in total. The number of benzene rings is 2. The Morgan fingerprint density at radius 3 is 2.38 bits per heavy atom. The molecule has 4 rings (SSSR count). The van der Waals surface area contributed by atoms with Crippen LogP contribution in [0.2, 0.25) is 0 Å². The Bertz CT molecular complexity index is 1490. The number of nitrogens with one attached hydrogen (secondary N) is 3. The van der Waals surface area contributed by atoms with E-state index < -0.39 is 36.3 Å². The minimum absolute atomic E-state index is 0.0363. The van der Waals surface area contributed by atoms with Crippen molar-refractivity contribution in [1.82, 2.24) is 25.9 Å². The summed E-state index contributed by atoms with van der Waals surface area (Å²) >= 11 is 1.35. The van der Waals surface area contributed by atoms with Crippen LogP contribution in [0, 0.1) is 0 Å². The van der Waals surface area contributed by atoms with Crippen molar-refractivity contribution in [3.63, 3.8) is 0 Å². The largest absolute Gasteiger partial charge is 0.453 e. The summed E-state index contributed by atoms with van der Waals surface area (Å²) in [6.07, 6.45) is 1.54. The van der Waals surface area contributed by atoms with Gasteiger partial charge in [-0.25, -0.2) is 9.59 Å². The molecule has 2 aromatic carbocycles. The summed E-state index contributed by atoms with van der Waals surface area (Å²) in [5.74, 6) is -0.865. The number of hydrogen-bond donors (Lipinski definition) is 4. The summed E-state index contributed by atoms with van der Waals surface area (Å²) in [6.45, 7) is 1.70. The van der Waals surface area contributed by atoms with E-state index in [0.29, 0.717) is 6.42 Å². The van der Waals surface area contributed by atoms with Crippen LogP contribution in [0.4, 0.5) is 9.59 Å². The molecule has 0 aliphatic heterocycles. The first-order chi connectivity index (χ1) is 21.8. The van der Waals surface area contributed by atoms with E-state index in [9.17, 15) is 19.5 Å². The highest BCUT2D eigenvalue weighted by atomic mass is 32.1. The molecule has 12 heteroatoms. The highest BCUT2D eigenvalue weighted by Gasteiger charge is 2.33. The lowest BCUT2D eigenvalue weighted by atomic mass is 9.82. The summed E-state index contributed by atoms with van der Waals surface area (Å²) in [7, 11) is 1.26. The van der Waals surface area contributed by atoms with Gasteiger partial charge >= 0.3 is 12.2 Å². The van der Waals surface area contributed by atoms with Gasteiger partial charge in [0.2, 0.25) is 5.91 Å². The van der Waals surface area contributed by atoms with Gasteiger partial charge < -0.3 is 30.5 Å². The van der Waals surface area contributed by atoms with Crippen LogP contribution < -0.4 is 16.0 Å². The summed E-state index contributed by atoms with van der Waals surface area (Å²) in [6, 6.07) is 21.6. The first-order valence-electron chi connectivity index (χ1n) is 14.5. The van der Waals surface area contributed by atoms with Gasteiger partial charge in [-0.2, -0.15) is 0 Å². The van der Waals surface area contributed by atoms with E-state index in [4.69, 9.17) is 4.74 Å². The van der Waals surface area contributed by atoms with Gasteiger partial charge in [0.15, 0.2) is 0 Å². The third-order valence-corrected chi connectivity index (χ3v) is 7.96. The smallest absolute Gasteiger partial charge is 0.408 e. The van der Waals surface area contributed by atoms with E-state index in [2.05, 4.69) is 30.7 Å². The van der Waals surface area contributed by atoms with Crippen LogP contribution in [0.1, 0.15) is 35.3 Å². The van der Waals surface area contributed by atoms with E-state index in [-0.39, 0.29) is 25.5 Å². The molecule has 3 unspecified atom stereocenters. The molecule has 0 aliphatic carbocycles. The maximum absolute atomic E-state index is 13.4. The predicted molar refractivity (Wildman–Crippen MR) is 170 cm³/mol. The van der Waals surface area contributed by atoms with Crippen molar-refractivity contribution >= 4 is 29.4 Å². The third-order valence-electron chi connectivity index (χ3n) is 7.21. The molecule has 0 saturated carbocycles. The predicted octanol–water partition coefficient (Wildman–Crippen LogP) is 4.44. The number of amides is 3. The average Bonchev–Trinajstić information content (AvgIpc) is 3.60. The van der Waals surface area contributed by atoms with E-state index in [1.165, 1.54) is 18.4 Å². The molecule has 0 bridgehead atoms. The maximum Gasteiger partial charge on any atom is 0.408 e. The molecule has 2 heterocycles. The van der Waals surface area contributed by atoms with Crippen molar-refractivity contribution in [3.05, 3.63) is 107 Å². The highest BCUT2D eigenvalue weighted by Crippen LogP contribution is 2.29. The zero-order valence-corrected chi connectivity index (χ0v) is 25.9. The van der Waals surface area contributed by atoms with Gasteiger partial charge in [-0.1, -0.05) is 60.7 Å². The zero-order chi connectivity index (χ0) is 32.0. The molecule has 3 amide bonds. The Labute approximate surface area is 266 Å². The molecule has 0 radical (unpaired) electrons. The Kier molecular flexibility index (Phi) is 12.4. The number of carbonyl (C=O) groups excluding carboxylic acids is 3. The van der Waals surface area contributed by atoms with Crippen LogP contribution in [0.3, 0.4) is 0 Å². The molecule has 4 aromatic rings. The lowest BCUT2D eigenvalue weighted by molar-refractivity contribution is -0.124. The van der Waals surface area contributed by atoms with Crippen molar-refractivity contribution in [3.8, 4) is 11.3 Å². The fourth-order valence-electron chi connectivity index (χ4n) is 4.81. The van der Waals surface area contributed by atoms with E-state index >= 15 is 0 Å². The van der Waals surface area contributed by atoms with Crippen LogP contribution in [-0.2, 0) is 27.3 Å². The van der Waals surface area contributed by atoms with Gasteiger partial charge in [-0.3, -0.25) is 14.8 Å². The van der Waals surface area contributed by atoms with Crippen LogP contribution in [0.25, 0.3) is 11.3 Å². The SMILES string of the molecule is COC(=O)NCCC(O)C(NC(=O)[C@H](C)NC(=O)OCc1cncs1)C(Cc1ccc(-c2ccccn2)cc1)c1ccccc1. The number of hydrogen-bond acceptors (Lipinski definition) is 9. The van der Waals surface area contributed by atoms with E-state index in [1.54, 1.807) is 24.8 Å². The molecule has 0 saturated heterocycles. The van der Waals surface area contributed by atoms with Crippen molar-refractivity contribution < 1.29 is 29.0 Å². The highest BCUT2D eigenvalue weighted by molar-refractivity contribution is 7.09. The Balaban J connectivity index is 1.54. The Morgan fingerprint density at radius 1 is 0.956 bits per heavy atom. The van der Waals surface area contributed by atoms with Gasteiger partial charge in [0.25, 0.3) is 0 Å². The summed E-state index contributed by atoms with van der Waals surface area (Å²) in [4.78, 5) is 46.6. The Hall–Kier alpha value is -4.81. The number of aliphatic hydroxyl groups excluding tert-OH is 1. The fraction of sp³-hybridized carbons (Fsp3) is 0.303. The molecular weight excluding hydrogens is 594 g/mol. The monoisotopic (exact) mass is 631 g/mol. The Morgan fingerprint density at radius 2 is 1.71 bits per heavy atom. The van der Waals surface area contributed by atoms with Gasteiger partial charge in [0, 0.05) is 30.4 Å². The number of carbonyl (C=O) groups is 3. The fourth-order valence-corrected chi connectivity index (χ4v) is 5.32. The quantitative estimate of drug-likeness (QED) is 0.160. The second kappa shape index (κ2) is 16.9. The second-order valence-electron chi connectivity index (χ2n) is 10.4. The molecular formula is C33H37N5O6S. The third kappa shape index (κ3) is 10.1. The van der Waals surface area contributed by atoms with Crippen molar-refractivity contribution in [1.29, 1.82) is 0 Å². The lowest BCUT2D eigenvalue weighted by Crippen LogP contribution is -2.54. The van der Waals surface area contributed by atoms with Crippen LogP contribution in [0.15, 0.2) is 90.7 Å². The summed E-state index contributed by atoms with van der Waals surface area (Å²) < 4.78 is 9.86. The first-order valence-corrected chi connectivity index (χ1v) is 15.4. The average molecular weight is 632 g/mol. The molecule has 0 fully saturated rings. The summed E-state index contributed by atoms with van der Waals surface area (Å²) in [5, 5.41) is 19.6. The number of alkyl carbamates (subject to hydrolysis) is 2. The number of ether oxygens (including phenoxy) is 2. The second-order valence-corrected chi connectivity index (χ2v) is 11.3. The van der Waals surface area contributed by atoms with E-state index in [1.807, 2.05) is 72.8 Å². The minimum Gasteiger partial charge on any atom is -0.453 e. The first kappa shape index (κ1) is 33.1. The number of nitrogens with zero attached hydrogens (tertiary/aromatic N) is 2.